The van der Waals surface area contributed by atoms with Crippen molar-refractivity contribution < 1.29 is 27.6 Å². The molecule has 0 aromatic heterocycles. The zero-order valence-electron chi connectivity index (χ0n) is 19.0. The average molecular weight is 476 g/mol. The SMILES string of the molecule is CC(C)NC(=O)NCc1ccc(C(=O)N2CCN(C(=O)c3ccccc3C(F)(F)F)CC2)cc1. The van der Waals surface area contributed by atoms with Gasteiger partial charge in [-0.2, -0.15) is 13.2 Å². The van der Waals surface area contributed by atoms with Crippen molar-refractivity contribution in [2.75, 3.05) is 26.2 Å². The minimum Gasteiger partial charge on any atom is -0.336 e. The molecule has 1 saturated heterocycles. The molecule has 4 amide bonds. The summed E-state index contributed by atoms with van der Waals surface area (Å²) in [4.78, 5) is 40.1. The number of benzene rings is 2. The normalized spacial score (nSPS) is 14.2. The molecule has 0 saturated carbocycles. The Morgan fingerprint density at radius 1 is 0.882 bits per heavy atom. The Labute approximate surface area is 195 Å². The van der Waals surface area contributed by atoms with Crippen LogP contribution in [0.1, 0.15) is 45.7 Å². The molecule has 0 spiro atoms. The molecule has 7 nitrogen and oxygen atoms in total. The van der Waals surface area contributed by atoms with Crippen molar-refractivity contribution >= 4 is 17.8 Å². The summed E-state index contributed by atoms with van der Waals surface area (Å²) in [5, 5.41) is 5.45. The van der Waals surface area contributed by atoms with E-state index in [1.54, 1.807) is 29.2 Å². The predicted molar refractivity (Wildman–Crippen MR) is 120 cm³/mol. The number of rotatable bonds is 5. The highest BCUT2D eigenvalue weighted by Gasteiger charge is 2.36. The number of alkyl halides is 3. The molecule has 10 heteroatoms. The molecule has 1 aliphatic heterocycles. The van der Waals surface area contributed by atoms with Crippen molar-refractivity contribution in [1.82, 2.24) is 20.4 Å². The third-order valence-electron chi connectivity index (χ3n) is 5.39. The molecule has 1 aliphatic rings. The molecule has 2 aromatic rings. The van der Waals surface area contributed by atoms with Gasteiger partial charge in [0, 0.05) is 44.3 Å². The van der Waals surface area contributed by atoms with Crippen LogP contribution in [0.15, 0.2) is 48.5 Å². The summed E-state index contributed by atoms with van der Waals surface area (Å²) in [7, 11) is 0. The lowest BCUT2D eigenvalue weighted by molar-refractivity contribution is -0.138. The minimum absolute atomic E-state index is 0.0233. The zero-order chi connectivity index (χ0) is 24.9. The van der Waals surface area contributed by atoms with Crippen molar-refractivity contribution in [2.24, 2.45) is 0 Å². The van der Waals surface area contributed by atoms with Crippen LogP contribution in [0.4, 0.5) is 18.0 Å². The fourth-order valence-corrected chi connectivity index (χ4v) is 3.64. The molecule has 182 valence electrons. The van der Waals surface area contributed by atoms with Gasteiger partial charge in [-0.1, -0.05) is 24.3 Å². The molecule has 2 N–H and O–H groups in total. The second kappa shape index (κ2) is 10.6. The zero-order valence-corrected chi connectivity index (χ0v) is 19.0. The van der Waals surface area contributed by atoms with E-state index in [2.05, 4.69) is 10.6 Å². The molecule has 0 atom stereocenters. The van der Waals surface area contributed by atoms with Crippen molar-refractivity contribution in [1.29, 1.82) is 0 Å². The van der Waals surface area contributed by atoms with E-state index in [0.717, 1.165) is 11.6 Å². The monoisotopic (exact) mass is 476 g/mol. The van der Waals surface area contributed by atoms with Gasteiger partial charge in [0.1, 0.15) is 0 Å². The first-order valence-electron chi connectivity index (χ1n) is 10.9. The Morgan fingerprint density at radius 3 is 2.00 bits per heavy atom. The van der Waals surface area contributed by atoms with Gasteiger partial charge in [0.05, 0.1) is 11.1 Å². The molecule has 3 rings (SSSR count). The smallest absolute Gasteiger partial charge is 0.336 e. The van der Waals surface area contributed by atoms with Gasteiger partial charge in [0.15, 0.2) is 0 Å². The van der Waals surface area contributed by atoms with Gasteiger partial charge in [-0.15, -0.1) is 0 Å². The minimum atomic E-state index is -4.62. The Balaban J connectivity index is 1.56. The summed E-state index contributed by atoms with van der Waals surface area (Å²) in [6.07, 6.45) is -4.62. The molecule has 34 heavy (non-hydrogen) atoms. The fourth-order valence-electron chi connectivity index (χ4n) is 3.64. The summed E-state index contributed by atoms with van der Waals surface area (Å²) in [5.74, 6) is -0.918. The predicted octanol–water partition coefficient (Wildman–Crippen LogP) is 3.51. The van der Waals surface area contributed by atoms with Gasteiger partial charge in [-0.05, 0) is 43.7 Å². The number of halogens is 3. The van der Waals surface area contributed by atoms with Gasteiger partial charge < -0.3 is 20.4 Å². The maximum atomic E-state index is 13.3. The lowest BCUT2D eigenvalue weighted by Crippen LogP contribution is -2.50. The van der Waals surface area contributed by atoms with E-state index in [9.17, 15) is 27.6 Å². The average Bonchev–Trinajstić information content (AvgIpc) is 2.81. The Morgan fingerprint density at radius 2 is 1.44 bits per heavy atom. The number of carbonyl (C=O) groups is 3. The number of amides is 4. The van der Waals surface area contributed by atoms with E-state index < -0.39 is 17.6 Å². The molecular formula is C24H27F3N4O3. The van der Waals surface area contributed by atoms with Crippen LogP contribution in [0, 0.1) is 0 Å². The van der Waals surface area contributed by atoms with Crippen LogP contribution in [0.2, 0.25) is 0 Å². The highest BCUT2D eigenvalue weighted by Crippen LogP contribution is 2.32. The van der Waals surface area contributed by atoms with E-state index >= 15 is 0 Å². The van der Waals surface area contributed by atoms with Crippen molar-refractivity contribution in [3.63, 3.8) is 0 Å². The van der Waals surface area contributed by atoms with E-state index in [1.807, 2.05) is 13.8 Å². The summed E-state index contributed by atoms with van der Waals surface area (Å²) >= 11 is 0. The van der Waals surface area contributed by atoms with Crippen LogP contribution in [-0.2, 0) is 12.7 Å². The molecule has 0 unspecified atom stereocenters. The quantitative estimate of drug-likeness (QED) is 0.693. The second-order valence-electron chi connectivity index (χ2n) is 8.31. The number of nitrogens with zero attached hydrogens (tertiary/aromatic N) is 2. The summed E-state index contributed by atoms with van der Waals surface area (Å²) in [5.41, 5.74) is -0.0670. The van der Waals surface area contributed by atoms with Crippen molar-refractivity contribution in [2.45, 2.75) is 32.6 Å². The molecule has 0 bridgehead atoms. The van der Waals surface area contributed by atoms with Crippen molar-refractivity contribution in [3.05, 3.63) is 70.8 Å². The third kappa shape index (κ3) is 6.27. The highest BCUT2D eigenvalue weighted by atomic mass is 19.4. The molecule has 0 radical (unpaired) electrons. The van der Waals surface area contributed by atoms with E-state index in [0.29, 0.717) is 12.1 Å². The Hall–Kier alpha value is -3.56. The molecule has 1 heterocycles. The lowest BCUT2D eigenvalue weighted by Gasteiger charge is -2.35. The van der Waals surface area contributed by atoms with E-state index in [1.165, 1.54) is 23.1 Å². The van der Waals surface area contributed by atoms with Crippen molar-refractivity contribution in [3.8, 4) is 0 Å². The van der Waals surface area contributed by atoms with Gasteiger partial charge in [-0.3, -0.25) is 9.59 Å². The first kappa shape index (κ1) is 25.1. The molecular weight excluding hydrogens is 449 g/mol. The largest absolute Gasteiger partial charge is 0.417 e. The van der Waals surface area contributed by atoms with E-state index in [4.69, 9.17) is 0 Å². The Kier molecular flexibility index (Phi) is 7.80. The van der Waals surface area contributed by atoms with Crippen LogP contribution in [0.3, 0.4) is 0 Å². The van der Waals surface area contributed by atoms with Gasteiger partial charge in [0.2, 0.25) is 0 Å². The van der Waals surface area contributed by atoms with Gasteiger partial charge in [0.25, 0.3) is 11.8 Å². The first-order chi connectivity index (χ1) is 16.1. The fraction of sp³-hybridized carbons (Fsp3) is 0.375. The maximum absolute atomic E-state index is 13.3. The lowest BCUT2D eigenvalue weighted by atomic mass is 10.1. The maximum Gasteiger partial charge on any atom is 0.417 e. The summed E-state index contributed by atoms with van der Waals surface area (Å²) in [6.45, 7) is 4.75. The number of carbonyl (C=O) groups excluding carboxylic acids is 3. The molecule has 0 aliphatic carbocycles. The number of nitrogens with one attached hydrogen (secondary N) is 2. The number of urea groups is 1. The van der Waals surface area contributed by atoms with Gasteiger partial charge in [-0.25, -0.2) is 4.79 Å². The number of piperazine rings is 1. The summed E-state index contributed by atoms with van der Waals surface area (Å²) < 4.78 is 39.8. The molecule has 2 aromatic carbocycles. The highest BCUT2D eigenvalue weighted by molar-refractivity contribution is 5.97. The summed E-state index contributed by atoms with van der Waals surface area (Å²) in [6, 6.07) is 11.3. The van der Waals surface area contributed by atoms with E-state index in [-0.39, 0.29) is 49.7 Å². The van der Waals surface area contributed by atoms with Crippen LogP contribution in [0.25, 0.3) is 0 Å². The number of hydrogen-bond acceptors (Lipinski definition) is 3. The molecule has 1 fully saturated rings. The number of hydrogen-bond donors (Lipinski definition) is 2. The van der Waals surface area contributed by atoms with Crippen LogP contribution < -0.4 is 10.6 Å². The van der Waals surface area contributed by atoms with Crippen LogP contribution >= 0.6 is 0 Å². The standard InChI is InChI=1S/C24H27F3N4O3/c1-16(2)29-23(34)28-15-17-7-9-18(10-8-17)21(32)30-11-13-31(14-12-30)22(33)19-5-3-4-6-20(19)24(25,26)27/h3-10,16H,11-15H2,1-2H3,(H2,28,29,34). The topological polar surface area (TPSA) is 81.8 Å². The van der Waals surface area contributed by atoms with Gasteiger partial charge >= 0.3 is 12.2 Å². The Bertz CT molecular complexity index is 1030. The second-order valence-corrected chi connectivity index (χ2v) is 8.31. The third-order valence-corrected chi connectivity index (χ3v) is 5.39. The first-order valence-corrected chi connectivity index (χ1v) is 10.9. The van der Waals surface area contributed by atoms with Crippen LogP contribution in [-0.4, -0.2) is 59.9 Å². The van der Waals surface area contributed by atoms with Crippen LogP contribution in [0.5, 0.6) is 0 Å².